The summed E-state index contributed by atoms with van der Waals surface area (Å²) >= 11 is 0. The van der Waals surface area contributed by atoms with Crippen LogP contribution in [0.1, 0.15) is 6.42 Å². The molecule has 0 aliphatic carbocycles. The zero-order valence-electron chi connectivity index (χ0n) is 8.87. The third-order valence-electron chi connectivity index (χ3n) is 2.60. The second-order valence-corrected chi connectivity index (χ2v) is 3.69. The van der Waals surface area contributed by atoms with Crippen molar-refractivity contribution in [2.75, 3.05) is 29.9 Å². The molecule has 2 rings (SSSR count). The van der Waals surface area contributed by atoms with Crippen LogP contribution in [0.15, 0.2) is 18.2 Å². The fourth-order valence-corrected chi connectivity index (χ4v) is 1.84. The third kappa shape index (κ3) is 1.99. The average Bonchev–Trinajstić information content (AvgIpc) is 2.49. The second-order valence-electron chi connectivity index (χ2n) is 3.69. The first-order valence-corrected chi connectivity index (χ1v) is 5.26. The van der Waals surface area contributed by atoms with Crippen LogP contribution < -0.4 is 16.0 Å². The molecule has 4 nitrogen and oxygen atoms in total. The fraction of sp³-hybridized carbons (Fsp3) is 0.364. The van der Waals surface area contributed by atoms with E-state index >= 15 is 0 Å². The monoisotopic (exact) mass is 223 g/mol. The van der Waals surface area contributed by atoms with Gasteiger partial charge in [-0.2, -0.15) is 0 Å². The minimum atomic E-state index is -0.312. The van der Waals surface area contributed by atoms with Gasteiger partial charge in [-0.05, 0) is 24.6 Å². The van der Waals surface area contributed by atoms with Gasteiger partial charge >= 0.3 is 0 Å². The van der Waals surface area contributed by atoms with E-state index in [1.54, 1.807) is 11.0 Å². The van der Waals surface area contributed by atoms with Crippen LogP contribution >= 0.6 is 0 Å². The van der Waals surface area contributed by atoms with E-state index in [-0.39, 0.29) is 18.3 Å². The maximum atomic E-state index is 13.1. The van der Waals surface area contributed by atoms with Gasteiger partial charge in [-0.3, -0.25) is 4.79 Å². The Morgan fingerprint density at radius 2 is 2.38 bits per heavy atom. The topological polar surface area (TPSA) is 58.4 Å². The molecular weight excluding hydrogens is 209 g/mol. The third-order valence-corrected chi connectivity index (χ3v) is 2.60. The SMILES string of the molecule is NCC(=O)N1CCCNc2cc(F)ccc21. The van der Waals surface area contributed by atoms with Crippen molar-refractivity contribution in [2.24, 2.45) is 5.73 Å². The van der Waals surface area contributed by atoms with Crippen molar-refractivity contribution in [1.29, 1.82) is 0 Å². The van der Waals surface area contributed by atoms with Crippen LogP contribution in [0.5, 0.6) is 0 Å². The molecule has 1 aliphatic heterocycles. The van der Waals surface area contributed by atoms with Gasteiger partial charge in [0.25, 0.3) is 0 Å². The number of hydrogen-bond acceptors (Lipinski definition) is 3. The number of amides is 1. The van der Waals surface area contributed by atoms with E-state index < -0.39 is 0 Å². The molecule has 1 amide bonds. The average molecular weight is 223 g/mol. The summed E-state index contributed by atoms with van der Waals surface area (Å²) in [7, 11) is 0. The molecule has 0 saturated heterocycles. The smallest absolute Gasteiger partial charge is 0.240 e. The van der Waals surface area contributed by atoms with Crippen molar-refractivity contribution in [3.63, 3.8) is 0 Å². The molecule has 16 heavy (non-hydrogen) atoms. The lowest BCUT2D eigenvalue weighted by Gasteiger charge is -2.21. The summed E-state index contributed by atoms with van der Waals surface area (Å²) in [4.78, 5) is 13.3. The number of carbonyl (C=O) groups is 1. The van der Waals surface area contributed by atoms with Crippen molar-refractivity contribution in [3.05, 3.63) is 24.0 Å². The van der Waals surface area contributed by atoms with Gasteiger partial charge < -0.3 is 16.0 Å². The summed E-state index contributed by atoms with van der Waals surface area (Å²) in [6.07, 6.45) is 0.821. The first-order chi connectivity index (χ1) is 7.72. The molecule has 3 N–H and O–H groups in total. The zero-order valence-corrected chi connectivity index (χ0v) is 8.87. The van der Waals surface area contributed by atoms with Gasteiger partial charge in [0, 0.05) is 13.1 Å². The number of rotatable bonds is 1. The van der Waals surface area contributed by atoms with Gasteiger partial charge in [0.05, 0.1) is 17.9 Å². The second kappa shape index (κ2) is 4.49. The van der Waals surface area contributed by atoms with Gasteiger partial charge in [-0.25, -0.2) is 4.39 Å². The van der Waals surface area contributed by atoms with Gasteiger partial charge in [0.15, 0.2) is 0 Å². The van der Waals surface area contributed by atoms with Crippen LogP contribution in [-0.2, 0) is 4.79 Å². The number of carbonyl (C=O) groups excluding carboxylic acids is 1. The lowest BCUT2D eigenvalue weighted by Crippen LogP contribution is -2.36. The van der Waals surface area contributed by atoms with Crippen LogP contribution in [-0.4, -0.2) is 25.5 Å². The van der Waals surface area contributed by atoms with Crippen LogP contribution in [0.4, 0.5) is 15.8 Å². The van der Waals surface area contributed by atoms with Crippen molar-refractivity contribution in [3.8, 4) is 0 Å². The number of nitrogens with one attached hydrogen (secondary N) is 1. The number of fused-ring (bicyclic) bond motifs is 1. The number of benzene rings is 1. The summed E-state index contributed by atoms with van der Waals surface area (Å²) in [5.74, 6) is -0.454. The van der Waals surface area contributed by atoms with Gasteiger partial charge in [0.1, 0.15) is 5.82 Å². The first-order valence-electron chi connectivity index (χ1n) is 5.26. The number of nitrogens with zero attached hydrogens (tertiary/aromatic N) is 1. The fourth-order valence-electron chi connectivity index (χ4n) is 1.84. The largest absolute Gasteiger partial charge is 0.383 e. The summed E-state index contributed by atoms with van der Waals surface area (Å²) in [5.41, 5.74) is 6.71. The highest BCUT2D eigenvalue weighted by Gasteiger charge is 2.20. The Kier molecular flexibility index (Phi) is 3.05. The molecule has 1 aromatic carbocycles. The quantitative estimate of drug-likeness (QED) is 0.744. The van der Waals surface area contributed by atoms with Crippen LogP contribution in [0.25, 0.3) is 0 Å². The van der Waals surface area contributed by atoms with Crippen molar-refractivity contribution in [1.82, 2.24) is 0 Å². The molecule has 1 heterocycles. The molecule has 5 heteroatoms. The Balaban J connectivity index is 2.40. The Hall–Kier alpha value is -1.62. The van der Waals surface area contributed by atoms with Crippen molar-refractivity contribution >= 4 is 17.3 Å². The molecule has 1 aliphatic rings. The molecule has 1 aromatic rings. The Bertz CT molecular complexity index is 408. The normalized spacial score (nSPS) is 15.0. The van der Waals surface area contributed by atoms with Crippen molar-refractivity contribution < 1.29 is 9.18 Å². The molecule has 86 valence electrons. The lowest BCUT2D eigenvalue weighted by molar-refractivity contribution is -0.117. The number of hydrogen-bond donors (Lipinski definition) is 2. The summed E-state index contributed by atoms with van der Waals surface area (Å²) < 4.78 is 13.1. The van der Waals surface area contributed by atoms with E-state index in [2.05, 4.69) is 5.32 Å². The predicted octanol–water partition coefficient (Wildman–Crippen LogP) is 0.933. The minimum Gasteiger partial charge on any atom is -0.383 e. The minimum absolute atomic E-state index is 0.0309. The standard InChI is InChI=1S/C11H14FN3O/c12-8-2-3-10-9(6-8)14-4-1-5-15(10)11(16)7-13/h2-3,6,14H,1,4-5,7,13H2. The van der Waals surface area contributed by atoms with Gasteiger partial charge in [-0.1, -0.05) is 0 Å². The molecule has 0 radical (unpaired) electrons. The zero-order chi connectivity index (χ0) is 11.5. The Morgan fingerprint density at radius 1 is 1.56 bits per heavy atom. The predicted molar refractivity (Wildman–Crippen MR) is 60.9 cm³/mol. The van der Waals surface area contributed by atoms with E-state index in [0.717, 1.165) is 13.0 Å². The van der Waals surface area contributed by atoms with E-state index in [9.17, 15) is 9.18 Å². The number of nitrogens with two attached hydrogens (primary N) is 1. The molecule has 0 atom stereocenters. The van der Waals surface area contributed by atoms with Crippen LogP contribution in [0.2, 0.25) is 0 Å². The highest BCUT2D eigenvalue weighted by Crippen LogP contribution is 2.29. The molecule has 0 saturated carbocycles. The van der Waals surface area contributed by atoms with Gasteiger partial charge in [0.2, 0.25) is 5.91 Å². The summed E-state index contributed by atoms with van der Waals surface area (Å²) in [6.45, 7) is 1.31. The summed E-state index contributed by atoms with van der Waals surface area (Å²) in [5, 5.41) is 3.10. The number of halogens is 1. The Morgan fingerprint density at radius 3 is 3.12 bits per heavy atom. The first kappa shape index (κ1) is 10.9. The number of anilines is 2. The molecule has 0 aromatic heterocycles. The maximum Gasteiger partial charge on any atom is 0.240 e. The molecule has 0 bridgehead atoms. The molecule has 0 unspecified atom stereocenters. The Labute approximate surface area is 93.2 Å². The molecule has 0 fully saturated rings. The van der Waals surface area contributed by atoms with Gasteiger partial charge in [-0.15, -0.1) is 0 Å². The highest BCUT2D eigenvalue weighted by atomic mass is 19.1. The van der Waals surface area contributed by atoms with E-state index in [1.807, 2.05) is 0 Å². The lowest BCUT2D eigenvalue weighted by atomic mass is 10.2. The molecular formula is C11H14FN3O. The maximum absolute atomic E-state index is 13.1. The van der Waals surface area contributed by atoms with Crippen LogP contribution in [0, 0.1) is 5.82 Å². The van der Waals surface area contributed by atoms with E-state index in [1.165, 1.54) is 12.1 Å². The van der Waals surface area contributed by atoms with Crippen molar-refractivity contribution in [2.45, 2.75) is 6.42 Å². The van der Waals surface area contributed by atoms with E-state index in [0.29, 0.717) is 17.9 Å². The molecule has 0 spiro atoms. The highest BCUT2D eigenvalue weighted by molar-refractivity contribution is 5.98. The summed E-state index contributed by atoms with van der Waals surface area (Å²) in [6, 6.07) is 4.36. The van der Waals surface area contributed by atoms with E-state index in [4.69, 9.17) is 5.73 Å². The van der Waals surface area contributed by atoms with Crippen LogP contribution in [0.3, 0.4) is 0 Å².